The zero-order chi connectivity index (χ0) is 17.4. The van der Waals surface area contributed by atoms with Crippen LogP contribution in [0.15, 0.2) is 24.3 Å². The van der Waals surface area contributed by atoms with E-state index in [-0.39, 0.29) is 17.9 Å². The minimum Gasteiger partial charge on any atom is -0.337 e. The Balaban J connectivity index is 1.43. The van der Waals surface area contributed by atoms with Crippen molar-refractivity contribution < 1.29 is 9.59 Å². The molecule has 1 aliphatic carbocycles. The van der Waals surface area contributed by atoms with Crippen LogP contribution < -0.4 is 10.6 Å². The highest BCUT2D eigenvalue weighted by Gasteiger charge is 2.42. The molecule has 25 heavy (non-hydrogen) atoms. The number of likely N-dealkylation sites (tertiary alicyclic amines) is 1. The van der Waals surface area contributed by atoms with E-state index >= 15 is 0 Å². The number of amides is 3. The number of nitrogens with zero attached hydrogens (tertiary/aromatic N) is 1. The number of carbonyl (C=O) groups excluding carboxylic acids is 2. The molecule has 134 valence electrons. The molecular weight excluding hydrogens is 314 g/mol. The molecule has 4 atom stereocenters. The smallest absolute Gasteiger partial charge is 0.317 e. The molecule has 1 aromatic rings. The minimum atomic E-state index is 0.0276. The van der Waals surface area contributed by atoms with Crippen molar-refractivity contribution >= 4 is 17.6 Å². The molecule has 0 aromatic heterocycles. The first-order valence-electron chi connectivity index (χ1n) is 9.58. The molecule has 0 unspecified atom stereocenters. The Morgan fingerprint density at radius 2 is 2.08 bits per heavy atom. The topological polar surface area (TPSA) is 61.4 Å². The third kappa shape index (κ3) is 3.12. The molecular formula is C20H27N3O2. The summed E-state index contributed by atoms with van der Waals surface area (Å²) < 4.78 is 0. The summed E-state index contributed by atoms with van der Waals surface area (Å²) in [5.74, 6) is 0.754. The van der Waals surface area contributed by atoms with E-state index in [2.05, 4.69) is 22.5 Å². The molecule has 1 saturated heterocycles. The van der Waals surface area contributed by atoms with Gasteiger partial charge in [0, 0.05) is 36.7 Å². The Morgan fingerprint density at radius 3 is 2.96 bits per heavy atom. The third-order valence-electron chi connectivity index (χ3n) is 6.19. The highest BCUT2D eigenvalue weighted by atomic mass is 16.2. The maximum Gasteiger partial charge on any atom is 0.317 e. The van der Waals surface area contributed by atoms with Crippen LogP contribution in [0.3, 0.4) is 0 Å². The zero-order valence-electron chi connectivity index (χ0n) is 14.8. The van der Waals surface area contributed by atoms with Crippen molar-refractivity contribution in [2.45, 2.75) is 63.5 Å². The van der Waals surface area contributed by atoms with Crippen LogP contribution in [0.25, 0.3) is 0 Å². The van der Waals surface area contributed by atoms with Gasteiger partial charge >= 0.3 is 6.03 Å². The zero-order valence-corrected chi connectivity index (χ0v) is 14.8. The minimum absolute atomic E-state index is 0.0276. The molecule has 0 radical (unpaired) electrons. The fraction of sp³-hybridized carbons (Fsp3) is 0.600. The van der Waals surface area contributed by atoms with Gasteiger partial charge in [-0.1, -0.05) is 31.0 Å². The number of hydrogen-bond donors (Lipinski definition) is 2. The van der Waals surface area contributed by atoms with E-state index in [0.29, 0.717) is 31.0 Å². The molecule has 5 heteroatoms. The molecule has 5 nitrogen and oxygen atoms in total. The van der Waals surface area contributed by atoms with Crippen LogP contribution >= 0.6 is 0 Å². The number of benzene rings is 1. The highest BCUT2D eigenvalue weighted by molar-refractivity contribution is 5.94. The lowest BCUT2D eigenvalue weighted by molar-refractivity contribution is -0.116. The summed E-state index contributed by atoms with van der Waals surface area (Å²) in [7, 11) is 0. The van der Waals surface area contributed by atoms with Crippen molar-refractivity contribution in [2.75, 3.05) is 11.9 Å². The number of hydrogen-bond acceptors (Lipinski definition) is 2. The number of carbonyl (C=O) groups is 2. The maximum absolute atomic E-state index is 12.9. The molecule has 2 aliphatic heterocycles. The predicted molar refractivity (Wildman–Crippen MR) is 97.5 cm³/mol. The molecule has 2 heterocycles. The molecule has 4 rings (SSSR count). The lowest BCUT2D eigenvalue weighted by Gasteiger charge is -2.34. The van der Waals surface area contributed by atoms with E-state index in [0.717, 1.165) is 24.1 Å². The Hall–Kier alpha value is -2.04. The van der Waals surface area contributed by atoms with Crippen molar-refractivity contribution in [2.24, 2.45) is 5.92 Å². The lowest BCUT2D eigenvalue weighted by Crippen LogP contribution is -2.48. The number of rotatable bonds is 2. The monoisotopic (exact) mass is 341 g/mol. The van der Waals surface area contributed by atoms with E-state index in [9.17, 15) is 9.59 Å². The van der Waals surface area contributed by atoms with Crippen LogP contribution in [0.4, 0.5) is 10.5 Å². The molecule has 2 fully saturated rings. The summed E-state index contributed by atoms with van der Waals surface area (Å²) in [4.78, 5) is 26.9. The van der Waals surface area contributed by atoms with Crippen molar-refractivity contribution in [3.05, 3.63) is 29.8 Å². The summed E-state index contributed by atoms with van der Waals surface area (Å²) >= 11 is 0. The van der Waals surface area contributed by atoms with Crippen LogP contribution in [0, 0.1) is 5.92 Å². The number of anilines is 1. The van der Waals surface area contributed by atoms with Gasteiger partial charge in [0.15, 0.2) is 0 Å². The van der Waals surface area contributed by atoms with Gasteiger partial charge in [0.05, 0.1) is 0 Å². The van der Waals surface area contributed by atoms with Crippen molar-refractivity contribution in [3.8, 4) is 0 Å². The van der Waals surface area contributed by atoms with E-state index in [1.165, 1.54) is 19.3 Å². The van der Waals surface area contributed by atoms with Gasteiger partial charge in [-0.25, -0.2) is 4.79 Å². The van der Waals surface area contributed by atoms with E-state index in [1.54, 1.807) is 0 Å². The van der Waals surface area contributed by atoms with E-state index < -0.39 is 0 Å². The summed E-state index contributed by atoms with van der Waals surface area (Å²) in [6, 6.07) is 8.65. The van der Waals surface area contributed by atoms with Crippen LogP contribution in [-0.4, -0.2) is 35.5 Å². The Labute approximate surface area is 149 Å². The quantitative estimate of drug-likeness (QED) is 0.865. The van der Waals surface area contributed by atoms with Crippen molar-refractivity contribution in [3.63, 3.8) is 0 Å². The van der Waals surface area contributed by atoms with Gasteiger partial charge in [-0.05, 0) is 43.7 Å². The van der Waals surface area contributed by atoms with Gasteiger partial charge < -0.3 is 15.5 Å². The van der Waals surface area contributed by atoms with Gasteiger partial charge in [-0.3, -0.25) is 4.79 Å². The number of para-hydroxylation sites is 1. The van der Waals surface area contributed by atoms with Gasteiger partial charge in [0.25, 0.3) is 0 Å². The summed E-state index contributed by atoms with van der Waals surface area (Å²) in [6.07, 6.45) is 6.49. The molecule has 1 aromatic carbocycles. The Bertz CT molecular complexity index is 675. The molecule has 2 N–H and O–H groups in total. The van der Waals surface area contributed by atoms with E-state index in [4.69, 9.17) is 0 Å². The Morgan fingerprint density at radius 1 is 1.28 bits per heavy atom. The molecule has 3 amide bonds. The first kappa shape index (κ1) is 16.4. The van der Waals surface area contributed by atoms with Crippen LogP contribution in [0.1, 0.15) is 56.9 Å². The summed E-state index contributed by atoms with van der Waals surface area (Å²) in [6.45, 7) is 2.69. The third-order valence-corrected chi connectivity index (χ3v) is 6.19. The number of nitrogens with one attached hydrogen (secondary N) is 2. The van der Waals surface area contributed by atoms with Gasteiger partial charge in [0.2, 0.25) is 5.91 Å². The standard InChI is InChI=1S/C20H27N3O2/c1-13-10-14-6-2-5-9-18(14)23(13)20(25)21-12-15-11-19(24)22-17-8-4-3-7-16(15)17/h3-4,7-8,13-15,18H,2,5-6,9-12H2,1H3,(H,21,25)(H,22,24)/t13-,14+,15+,18+/m1/s1. The van der Waals surface area contributed by atoms with Crippen molar-refractivity contribution in [1.82, 2.24) is 10.2 Å². The highest BCUT2D eigenvalue weighted by Crippen LogP contribution is 2.39. The second kappa shape index (κ2) is 6.70. The number of urea groups is 1. The largest absolute Gasteiger partial charge is 0.337 e. The fourth-order valence-electron chi connectivity index (χ4n) is 5.04. The predicted octanol–water partition coefficient (Wildman–Crippen LogP) is 3.48. The maximum atomic E-state index is 12.9. The summed E-state index contributed by atoms with van der Waals surface area (Å²) in [5, 5.41) is 6.04. The molecule has 0 bridgehead atoms. The van der Waals surface area contributed by atoms with Crippen LogP contribution in [0.5, 0.6) is 0 Å². The average molecular weight is 341 g/mol. The van der Waals surface area contributed by atoms with Crippen LogP contribution in [0.2, 0.25) is 0 Å². The Kier molecular flexibility index (Phi) is 4.40. The molecule has 3 aliphatic rings. The molecule has 0 spiro atoms. The first-order chi connectivity index (χ1) is 12.1. The second-order valence-corrected chi connectivity index (χ2v) is 7.83. The normalized spacial score (nSPS) is 31.1. The van der Waals surface area contributed by atoms with Gasteiger partial charge in [-0.2, -0.15) is 0 Å². The van der Waals surface area contributed by atoms with Gasteiger partial charge in [0.1, 0.15) is 0 Å². The fourth-order valence-corrected chi connectivity index (χ4v) is 5.04. The van der Waals surface area contributed by atoms with Crippen molar-refractivity contribution in [1.29, 1.82) is 0 Å². The second-order valence-electron chi connectivity index (χ2n) is 7.83. The van der Waals surface area contributed by atoms with Crippen LogP contribution in [-0.2, 0) is 4.79 Å². The number of fused-ring (bicyclic) bond motifs is 2. The first-order valence-corrected chi connectivity index (χ1v) is 9.58. The van der Waals surface area contributed by atoms with Gasteiger partial charge in [-0.15, -0.1) is 0 Å². The van der Waals surface area contributed by atoms with E-state index in [1.807, 2.05) is 24.3 Å². The summed E-state index contributed by atoms with van der Waals surface area (Å²) in [5.41, 5.74) is 1.99. The average Bonchev–Trinajstić information content (AvgIpc) is 2.95. The SMILES string of the molecule is C[C@@H]1C[C@@H]2CCCC[C@@H]2N1C(=O)NC[C@@H]1CC(=O)Nc2ccccc21. The lowest BCUT2D eigenvalue weighted by atomic mass is 9.85. The molecule has 1 saturated carbocycles.